The van der Waals surface area contributed by atoms with Crippen molar-refractivity contribution in [1.82, 2.24) is 4.90 Å². The van der Waals surface area contributed by atoms with Gasteiger partial charge in [0.15, 0.2) is 0 Å². The maximum Gasteiger partial charge on any atom is 0.308 e. The van der Waals surface area contributed by atoms with Crippen LogP contribution in [0.25, 0.3) is 0 Å². The summed E-state index contributed by atoms with van der Waals surface area (Å²) in [4.78, 5) is 13.0. The fourth-order valence-electron chi connectivity index (χ4n) is 1.90. The third-order valence-electron chi connectivity index (χ3n) is 2.50. The van der Waals surface area contributed by atoms with Gasteiger partial charge >= 0.3 is 5.97 Å². The molecule has 0 aromatic carbocycles. The van der Waals surface area contributed by atoms with Gasteiger partial charge in [-0.25, -0.2) is 0 Å². The lowest BCUT2D eigenvalue weighted by molar-refractivity contribution is -0.142. The fraction of sp³-hybridized carbons (Fsp3) is 0.700. The molecule has 1 fully saturated rings. The van der Waals surface area contributed by atoms with Gasteiger partial charge in [-0.2, -0.15) is 0 Å². The molecule has 0 aliphatic carbocycles. The van der Waals surface area contributed by atoms with E-state index < -0.39 is 5.97 Å². The summed E-state index contributed by atoms with van der Waals surface area (Å²) in [5, 5.41) is 8.89. The fourth-order valence-corrected chi connectivity index (χ4v) is 1.90. The van der Waals surface area contributed by atoms with E-state index in [-0.39, 0.29) is 11.8 Å². The molecule has 1 heterocycles. The SMILES string of the molecule is C=C(C)CN1C[C@@H](C)[C@H](C(=O)O)C1. The van der Waals surface area contributed by atoms with Gasteiger partial charge in [-0.15, -0.1) is 0 Å². The van der Waals surface area contributed by atoms with Gasteiger partial charge in [0, 0.05) is 19.6 Å². The van der Waals surface area contributed by atoms with Crippen LogP contribution in [0.2, 0.25) is 0 Å². The van der Waals surface area contributed by atoms with Gasteiger partial charge in [-0.1, -0.05) is 19.1 Å². The van der Waals surface area contributed by atoms with Crippen LogP contribution in [0.3, 0.4) is 0 Å². The Morgan fingerprint density at radius 3 is 2.62 bits per heavy atom. The van der Waals surface area contributed by atoms with Crippen LogP contribution in [0, 0.1) is 11.8 Å². The zero-order chi connectivity index (χ0) is 10.0. The topological polar surface area (TPSA) is 40.5 Å². The molecule has 1 saturated heterocycles. The summed E-state index contributed by atoms with van der Waals surface area (Å²) >= 11 is 0. The van der Waals surface area contributed by atoms with Crippen molar-refractivity contribution < 1.29 is 9.90 Å². The summed E-state index contributed by atoms with van der Waals surface area (Å²) in [6, 6.07) is 0. The first-order valence-electron chi connectivity index (χ1n) is 4.60. The van der Waals surface area contributed by atoms with Crippen LogP contribution >= 0.6 is 0 Å². The Bertz CT molecular complexity index is 225. The number of likely N-dealkylation sites (tertiary alicyclic amines) is 1. The second-order valence-electron chi connectivity index (χ2n) is 4.07. The lowest BCUT2D eigenvalue weighted by Crippen LogP contribution is -2.24. The first kappa shape index (κ1) is 10.3. The Kier molecular flexibility index (Phi) is 3.09. The smallest absolute Gasteiger partial charge is 0.308 e. The quantitative estimate of drug-likeness (QED) is 0.669. The summed E-state index contributed by atoms with van der Waals surface area (Å²) < 4.78 is 0. The third-order valence-corrected chi connectivity index (χ3v) is 2.50. The summed E-state index contributed by atoms with van der Waals surface area (Å²) in [6.07, 6.45) is 0. The molecule has 3 nitrogen and oxygen atoms in total. The lowest BCUT2D eigenvalue weighted by atomic mass is 9.99. The van der Waals surface area contributed by atoms with Crippen molar-refractivity contribution in [2.75, 3.05) is 19.6 Å². The molecule has 1 rings (SSSR count). The molecular weight excluding hydrogens is 166 g/mol. The minimum absolute atomic E-state index is 0.195. The van der Waals surface area contributed by atoms with E-state index in [2.05, 4.69) is 11.5 Å². The highest BCUT2D eigenvalue weighted by molar-refractivity contribution is 5.71. The maximum absolute atomic E-state index is 10.8. The lowest BCUT2D eigenvalue weighted by Gasteiger charge is -2.14. The van der Waals surface area contributed by atoms with Crippen molar-refractivity contribution in [3.63, 3.8) is 0 Å². The summed E-state index contributed by atoms with van der Waals surface area (Å²) in [5.74, 6) is -0.604. The summed E-state index contributed by atoms with van der Waals surface area (Å²) in [7, 11) is 0. The van der Waals surface area contributed by atoms with E-state index in [1.165, 1.54) is 0 Å². The molecule has 0 bridgehead atoms. The molecule has 0 aromatic rings. The molecular formula is C10H17NO2. The van der Waals surface area contributed by atoms with Crippen LogP contribution in [0.4, 0.5) is 0 Å². The zero-order valence-electron chi connectivity index (χ0n) is 8.29. The number of hydrogen-bond acceptors (Lipinski definition) is 2. The van der Waals surface area contributed by atoms with E-state index in [0.29, 0.717) is 6.54 Å². The average Bonchev–Trinajstić information content (AvgIpc) is 2.29. The molecule has 74 valence electrons. The number of aliphatic carboxylic acids is 1. The highest BCUT2D eigenvalue weighted by atomic mass is 16.4. The summed E-state index contributed by atoms with van der Waals surface area (Å²) in [5.41, 5.74) is 1.10. The van der Waals surface area contributed by atoms with E-state index in [9.17, 15) is 4.79 Å². The Morgan fingerprint density at radius 2 is 2.23 bits per heavy atom. The van der Waals surface area contributed by atoms with E-state index >= 15 is 0 Å². The van der Waals surface area contributed by atoms with Crippen molar-refractivity contribution in [3.05, 3.63) is 12.2 Å². The van der Waals surface area contributed by atoms with Crippen LogP contribution in [0.15, 0.2) is 12.2 Å². The van der Waals surface area contributed by atoms with Gasteiger partial charge in [0.25, 0.3) is 0 Å². The Labute approximate surface area is 79.0 Å². The second kappa shape index (κ2) is 3.92. The highest BCUT2D eigenvalue weighted by Gasteiger charge is 2.34. The average molecular weight is 183 g/mol. The van der Waals surface area contributed by atoms with E-state index in [1.807, 2.05) is 13.8 Å². The molecule has 0 saturated carbocycles. The molecule has 13 heavy (non-hydrogen) atoms. The van der Waals surface area contributed by atoms with Gasteiger partial charge in [0.05, 0.1) is 5.92 Å². The molecule has 1 N–H and O–H groups in total. The number of carbonyl (C=O) groups is 1. The Hall–Kier alpha value is -0.830. The molecule has 3 heteroatoms. The van der Waals surface area contributed by atoms with Crippen molar-refractivity contribution in [2.45, 2.75) is 13.8 Å². The molecule has 1 aliphatic heterocycles. The van der Waals surface area contributed by atoms with Crippen LogP contribution in [-0.4, -0.2) is 35.6 Å². The van der Waals surface area contributed by atoms with Gasteiger partial charge in [0.1, 0.15) is 0 Å². The molecule has 0 unspecified atom stereocenters. The third kappa shape index (κ3) is 2.56. The monoisotopic (exact) mass is 183 g/mol. The predicted molar refractivity (Wildman–Crippen MR) is 51.5 cm³/mol. The van der Waals surface area contributed by atoms with Crippen molar-refractivity contribution in [2.24, 2.45) is 11.8 Å². The Morgan fingerprint density at radius 1 is 1.62 bits per heavy atom. The van der Waals surface area contributed by atoms with E-state index in [1.54, 1.807) is 0 Å². The van der Waals surface area contributed by atoms with Gasteiger partial charge < -0.3 is 5.11 Å². The normalized spacial score (nSPS) is 29.1. The molecule has 2 atom stereocenters. The van der Waals surface area contributed by atoms with Gasteiger partial charge in [0.2, 0.25) is 0 Å². The van der Waals surface area contributed by atoms with Crippen LogP contribution in [0.1, 0.15) is 13.8 Å². The largest absolute Gasteiger partial charge is 0.481 e. The molecule has 0 radical (unpaired) electrons. The van der Waals surface area contributed by atoms with Gasteiger partial charge in [-0.3, -0.25) is 9.69 Å². The standard InChI is InChI=1S/C10H17NO2/c1-7(2)4-11-5-8(3)9(6-11)10(12)13/h8-9H,1,4-6H2,2-3H3,(H,12,13)/t8-,9-/m1/s1. The number of carboxylic acids is 1. The van der Waals surface area contributed by atoms with Crippen LogP contribution < -0.4 is 0 Å². The first-order valence-corrected chi connectivity index (χ1v) is 4.60. The molecule has 1 aliphatic rings. The highest BCUT2D eigenvalue weighted by Crippen LogP contribution is 2.23. The Balaban J connectivity index is 2.50. The minimum Gasteiger partial charge on any atom is -0.481 e. The number of carboxylic acid groups (broad SMARTS) is 1. The molecule has 0 spiro atoms. The van der Waals surface area contributed by atoms with Crippen LogP contribution in [-0.2, 0) is 4.79 Å². The predicted octanol–water partition coefficient (Wildman–Crippen LogP) is 1.22. The van der Waals surface area contributed by atoms with E-state index in [4.69, 9.17) is 5.11 Å². The summed E-state index contributed by atoms with van der Waals surface area (Å²) in [6.45, 7) is 10.2. The van der Waals surface area contributed by atoms with Crippen molar-refractivity contribution in [3.8, 4) is 0 Å². The second-order valence-corrected chi connectivity index (χ2v) is 4.07. The van der Waals surface area contributed by atoms with E-state index in [0.717, 1.165) is 18.7 Å². The van der Waals surface area contributed by atoms with Crippen LogP contribution in [0.5, 0.6) is 0 Å². The van der Waals surface area contributed by atoms with Gasteiger partial charge in [-0.05, 0) is 12.8 Å². The van der Waals surface area contributed by atoms with Crippen molar-refractivity contribution >= 4 is 5.97 Å². The minimum atomic E-state index is -0.670. The molecule has 0 amide bonds. The number of nitrogens with zero attached hydrogens (tertiary/aromatic N) is 1. The number of rotatable bonds is 3. The first-order chi connectivity index (χ1) is 6.00. The maximum atomic E-state index is 10.8. The number of hydrogen-bond donors (Lipinski definition) is 1. The molecule has 0 aromatic heterocycles. The van der Waals surface area contributed by atoms with Crippen molar-refractivity contribution in [1.29, 1.82) is 0 Å². The zero-order valence-corrected chi connectivity index (χ0v) is 8.29.